The van der Waals surface area contributed by atoms with Crippen molar-refractivity contribution in [2.45, 2.75) is 26.9 Å². The van der Waals surface area contributed by atoms with Crippen LogP contribution in [0, 0.1) is 11.3 Å². The Morgan fingerprint density at radius 1 is 1.14 bits per heavy atom. The van der Waals surface area contributed by atoms with E-state index in [1.807, 2.05) is 42.5 Å². The van der Waals surface area contributed by atoms with E-state index in [9.17, 15) is 0 Å². The number of benzene rings is 2. The Labute approximate surface area is 131 Å². The van der Waals surface area contributed by atoms with E-state index in [1.54, 1.807) is 0 Å². The van der Waals surface area contributed by atoms with Crippen molar-refractivity contribution in [1.29, 1.82) is 5.41 Å². The Balaban J connectivity index is 2.28. The second-order valence-corrected chi connectivity index (χ2v) is 5.84. The molecular formula is C18H23N3O. The van der Waals surface area contributed by atoms with Crippen molar-refractivity contribution in [3.05, 3.63) is 59.2 Å². The molecule has 2 rings (SSSR count). The van der Waals surface area contributed by atoms with Gasteiger partial charge >= 0.3 is 0 Å². The number of hydrogen-bond acceptors (Lipinski definition) is 3. The average Bonchev–Trinajstić information content (AvgIpc) is 2.47. The number of rotatable bonds is 6. The van der Waals surface area contributed by atoms with Gasteiger partial charge in [-0.2, -0.15) is 0 Å². The van der Waals surface area contributed by atoms with Crippen LogP contribution in [0.25, 0.3) is 0 Å². The fourth-order valence-corrected chi connectivity index (χ4v) is 2.35. The fourth-order valence-electron chi connectivity index (χ4n) is 2.35. The van der Waals surface area contributed by atoms with Gasteiger partial charge in [0.05, 0.1) is 5.69 Å². The molecule has 0 fully saturated rings. The molecule has 0 aliphatic heterocycles. The molecule has 2 aromatic carbocycles. The molecule has 4 heteroatoms. The zero-order valence-electron chi connectivity index (χ0n) is 13.1. The Morgan fingerprint density at radius 2 is 1.82 bits per heavy atom. The highest BCUT2D eigenvalue weighted by Crippen LogP contribution is 2.29. The van der Waals surface area contributed by atoms with Crippen LogP contribution in [0.4, 0.5) is 5.69 Å². The zero-order valence-corrected chi connectivity index (χ0v) is 13.1. The number of anilines is 1. The lowest BCUT2D eigenvalue weighted by Gasteiger charge is -2.15. The molecule has 0 bridgehead atoms. The molecule has 0 unspecified atom stereocenters. The Hall–Kier alpha value is -2.49. The highest BCUT2D eigenvalue weighted by Gasteiger charge is 2.12. The summed E-state index contributed by atoms with van der Waals surface area (Å²) in [4.78, 5) is 0. The topological polar surface area (TPSA) is 85.1 Å². The van der Waals surface area contributed by atoms with E-state index in [0.29, 0.717) is 29.5 Å². The van der Waals surface area contributed by atoms with Crippen molar-refractivity contribution in [1.82, 2.24) is 0 Å². The highest BCUT2D eigenvalue weighted by atomic mass is 16.5. The fraction of sp³-hybridized carbons (Fsp3) is 0.278. The quantitative estimate of drug-likeness (QED) is 0.434. The van der Waals surface area contributed by atoms with Crippen LogP contribution in [0.3, 0.4) is 0 Å². The maximum absolute atomic E-state index is 7.69. The first kappa shape index (κ1) is 15.9. The molecule has 0 radical (unpaired) electrons. The van der Waals surface area contributed by atoms with Gasteiger partial charge in [0.15, 0.2) is 0 Å². The van der Waals surface area contributed by atoms with E-state index in [4.69, 9.17) is 21.6 Å². The molecule has 116 valence electrons. The molecular weight excluding hydrogens is 274 g/mol. The molecule has 0 aromatic heterocycles. The summed E-state index contributed by atoms with van der Waals surface area (Å²) >= 11 is 0. The zero-order chi connectivity index (χ0) is 16.1. The minimum absolute atomic E-state index is 0.0346. The van der Waals surface area contributed by atoms with Gasteiger partial charge in [-0.3, -0.25) is 5.41 Å². The lowest BCUT2D eigenvalue weighted by Crippen LogP contribution is -2.15. The van der Waals surface area contributed by atoms with Crippen LogP contribution in [0.2, 0.25) is 0 Å². The summed E-state index contributed by atoms with van der Waals surface area (Å²) < 4.78 is 5.86. The van der Waals surface area contributed by atoms with Crippen LogP contribution in [-0.4, -0.2) is 5.84 Å². The third-order valence-corrected chi connectivity index (χ3v) is 3.37. The van der Waals surface area contributed by atoms with Gasteiger partial charge in [-0.15, -0.1) is 0 Å². The highest BCUT2D eigenvalue weighted by molar-refractivity contribution is 6.01. The van der Waals surface area contributed by atoms with E-state index in [0.717, 1.165) is 17.5 Å². The molecule has 0 aliphatic rings. The number of nitrogens with one attached hydrogen (secondary N) is 1. The third kappa shape index (κ3) is 4.01. The maximum atomic E-state index is 7.69. The maximum Gasteiger partial charge on any atom is 0.143 e. The summed E-state index contributed by atoms with van der Waals surface area (Å²) in [6.07, 6.45) is 0.891. The summed E-state index contributed by atoms with van der Waals surface area (Å²) in [6.45, 7) is 4.73. The standard InChI is InChI=1S/C18H23N3O/c1-12(2)8-14-9-15(18(20)21)17(19)16(10-14)22-11-13-6-4-3-5-7-13/h3-7,9-10,12H,8,11,19H2,1-2H3,(H3,20,21). The van der Waals surface area contributed by atoms with E-state index >= 15 is 0 Å². The normalized spacial score (nSPS) is 10.7. The van der Waals surface area contributed by atoms with Crippen molar-refractivity contribution in [3.63, 3.8) is 0 Å². The molecule has 4 nitrogen and oxygen atoms in total. The van der Waals surface area contributed by atoms with E-state index in [1.165, 1.54) is 0 Å². The molecule has 2 aromatic rings. The molecule has 0 saturated heterocycles. The van der Waals surface area contributed by atoms with E-state index < -0.39 is 0 Å². The van der Waals surface area contributed by atoms with Gasteiger partial charge in [-0.05, 0) is 35.6 Å². The summed E-state index contributed by atoms with van der Waals surface area (Å²) in [6, 6.07) is 13.7. The minimum Gasteiger partial charge on any atom is -0.487 e. The molecule has 22 heavy (non-hydrogen) atoms. The van der Waals surface area contributed by atoms with Gasteiger partial charge in [0, 0.05) is 5.56 Å². The van der Waals surface area contributed by atoms with Crippen molar-refractivity contribution < 1.29 is 4.74 Å². The smallest absolute Gasteiger partial charge is 0.143 e. The van der Waals surface area contributed by atoms with Gasteiger partial charge in [-0.1, -0.05) is 44.2 Å². The predicted octanol–water partition coefficient (Wildman–Crippen LogP) is 3.33. The monoisotopic (exact) mass is 297 g/mol. The van der Waals surface area contributed by atoms with Crippen molar-refractivity contribution >= 4 is 11.5 Å². The Bertz CT molecular complexity index is 651. The van der Waals surface area contributed by atoms with Gasteiger partial charge in [0.25, 0.3) is 0 Å². The second-order valence-electron chi connectivity index (χ2n) is 5.84. The van der Waals surface area contributed by atoms with Gasteiger partial charge < -0.3 is 16.2 Å². The van der Waals surface area contributed by atoms with Crippen LogP contribution in [-0.2, 0) is 13.0 Å². The number of hydrogen-bond donors (Lipinski definition) is 3. The summed E-state index contributed by atoms with van der Waals surface area (Å²) in [7, 11) is 0. The van der Waals surface area contributed by atoms with E-state index in [2.05, 4.69) is 13.8 Å². The molecule has 0 atom stereocenters. The molecule has 0 aliphatic carbocycles. The number of amidine groups is 1. The van der Waals surface area contributed by atoms with Crippen LogP contribution in [0.1, 0.15) is 30.5 Å². The van der Waals surface area contributed by atoms with Crippen molar-refractivity contribution in [2.24, 2.45) is 11.7 Å². The molecule has 5 N–H and O–H groups in total. The van der Waals surface area contributed by atoms with Crippen LogP contribution >= 0.6 is 0 Å². The summed E-state index contributed by atoms with van der Waals surface area (Å²) in [5, 5.41) is 7.69. The number of ether oxygens (including phenoxy) is 1. The number of nitrogens with two attached hydrogens (primary N) is 2. The lowest BCUT2D eigenvalue weighted by atomic mass is 9.99. The van der Waals surface area contributed by atoms with Crippen LogP contribution in [0.15, 0.2) is 42.5 Å². The predicted molar refractivity (Wildman–Crippen MR) is 91.2 cm³/mol. The Kier molecular flexibility index (Phi) is 5.04. The van der Waals surface area contributed by atoms with Gasteiger partial charge in [0.1, 0.15) is 18.2 Å². The molecule has 0 saturated carbocycles. The Morgan fingerprint density at radius 3 is 2.41 bits per heavy atom. The van der Waals surface area contributed by atoms with Gasteiger partial charge in [-0.25, -0.2) is 0 Å². The van der Waals surface area contributed by atoms with Crippen molar-refractivity contribution in [2.75, 3.05) is 5.73 Å². The van der Waals surface area contributed by atoms with Gasteiger partial charge in [0.2, 0.25) is 0 Å². The van der Waals surface area contributed by atoms with Crippen LogP contribution < -0.4 is 16.2 Å². The summed E-state index contributed by atoms with van der Waals surface area (Å²) in [5.41, 5.74) is 14.9. The number of nitrogen functional groups attached to an aromatic ring is 2. The molecule has 0 heterocycles. The third-order valence-electron chi connectivity index (χ3n) is 3.37. The minimum atomic E-state index is -0.0346. The molecule has 0 spiro atoms. The largest absolute Gasteiger partial charge is 0.487 e. The first-order chi connectivity index (χ1) is 10.5. The lowest BCUT2D eigenvalue weighted by molar-refractivity contribution is 0.307. The SMILES string of the molecule is CC(C)Cc1cc(OCc2ccccc2)c(N)c(C(=N)N)c1. The first-order valence-electron chi connectivity index (χ1n) is 7.41. The summed E-state index contributed by atoms with van der Waals surface area (Å²) in [5.74, 6) is 1.06. The molecule has 0 amide bonds. The van der Waals surface area contributed by atoms with E-state index in [-0.39, 0.29) is 5.84 Å². The average molecular weight is 297 g/mol. The first-order valence-corrected chi connectivity index (χ1v) is 7.41. The second kappa shape index (κ2) is 6.98. The van der Waals surface area contributed by atoms with Crippen molar-refractivity contribution in [3.8, 4) is 5.75 Å². The van der Waals surface area contributed by atoms with Crippen LogP contribution in [0.5, 0.6) is 5.75 Å².